The Morgan fingerprint density at radius 1 is 0.269 bits per heavy atom. The van der Waals surface area contributed by atoms with Crippen LogP contribution >= 0.6 is 15.6 Å². The third kappa shape index (κ3) is 78.3. The summed E-state index contributed by atoms with van der Waals surface area (Å²) in [4.78, 5) is 73.1. The zero-order valence-electron chi connectivity index (χ0n) is 66.9. The highest BCUT2D eigenvalue weighted by Crippen LogP contribution is 2.45. The fourth-order valence-corrected chi connectivity index (χ4v) is 11.8. The van der Waals surface area contributed by atoms with E-state index in [2.05, 4.69) is 210 Å². The number of aliphatic hydroxyl groups is 1. The lowest BCUT2D eigenvalue weighted by Crippen LogP contribution is -2.30. The molecule has 0 spiro atoms. The second-order valence-corrected chi connectivity index (χ2v) is 29.5. The summed E-state index contributed by atoms with van der Waals surface area (Å²) in [5, 5.41) is 10.7. The number of rotatable bonds is 75. The van der Waals surface area contributed by atoms with Gasteiger partial charge in [-0.25, -0.2) is 9.13 Å². The lowest BCUT2D eigenvalue weighted by atomic mass is 10.1. The second kappa shape index (κ2) is 79.3. The smallest absolute Gasteiger partial charge is 0.462 e. The van der Waals surface area contributed by atoms with Crippen molar-refractivity contribution in [2.75, 3.05) is 39.6 Å². The van der Waals surface area contributed by atoms with Gasteiger partial charge in [-0.3, -0.25) is 37.3 Å². The van der Waals surface area contributed by atoms with Gasteiger partial charge in [0, 0.05) is 25.7 Å². The van der Waals surface area contributed by atoms with E-state index in [1.807, 2.05) is 0 Å². The van der Waals surface area contributed by atoms with E-state index in [1.165, 1.54) is 19.3 Å². The van der Waals surface area contributed by atoms with Gasteiger partial charge in [-0.1, -0.05) is 274 Å². The number of unbranched alkanes of at least 4 members (excludes halogenated alkanes) is 19. The summed E-state index contributed by atoms with van der Waals surface area (Å²) in [7, 11) is -10.0. The molecule has 0 rings (SSSR count). The van der Waals surface area contributed by atoms with Crippen LogP contribution in [-0.4, -0.2) is 96.7 Å². The van der Waals surface area contributed by atoms with E-state index in [0.29, 0.717) is 32.1 Å². The molecular formula is C89H144O17P2. The Balaban J connectivity index is 5.47. The minimum atomic E-state index is -5.01. The molecule has 17 nitrogen and oxygen atoms in total. The maximum Gasteiger partial charge on any atom is 0.472 e. The number of esters is 4. The van der Waals surface area contributed by atoms with Crippen molar-refractivity contribution in [1.29, 1.82) is 0 Å². The summed E-state index contributed by atoms with van der Waals surface area (Å²) in [5.41, 5.74) is 0. The van der Waals surface area contributed by atoms with E-state index < -0.39 is 97.5 Å². The molecule has 108 heavy (non-hydrogen) atoms. The first-order chi connectivity index (χ1) is 52.7. The first-order valence-electron chi connectivity index (χ1n) is 41.0. The van der Waals surface area contributed by atoms with E-state index in [4.69, 9.17) is 37.0 Å². The van der Waals surface area contributed by atoms with Crippen molar-refractivity contribution < 1.29 is 80.2 Å². The van der Waals surface area contributed by atoms with Gasteiger partial charge in [-0.05, 0) is 180 Å². The van der Waals surface area contributed by atoms with Crippen molar-refractivity contribution in [2.45, 2.75) is 316 Å². The molecule has 0 aromatic carbocycles. The average molecular weight is 1550 g/mol. The van der Waals surface area contributed by atoms with Crippen molar-refractivity contribution in [3.63, 3.8) is 0 Å². The number of phosphoric ester groups is 2. The number of phosphoric acid groups is 2. The van der Waals surface area contributed by atoms with E-state index in [9.17, 15) is 43.2 Å². The predicted molar refractivity (Wildman–Crippen MR) is 445 cm³/mol. The van der Waals surface area contributed by atoms with Gasteiger partial charge < -0.3 is 33.8 Å². The summed E-state index contributed by atoms with van der Waals surface area (Å²) in [6, 6.07) is 0. The van der Waals surface area contributed by atoms with Crippen LogP contribution in [0.1, 0.15) is 297 Å². The Labute approximate surface area is 654 Å². The molecule has 0 saturated heterocycles. The Morgan fingerprint density at radius 2 is 0.481 bits per heavy atom. The SMILES string of the molecule is CC/C=C\C/C=C\C/C=C\C/C=C\C/C=C\CCCCCC(=O)OCC(COP(=O)(O)OCC(O)COP(=O)(O)OCC(COC(=O)CCCCCCCC/C=C\C/C=C\C/C=C\CCCCC)OC(=O)CCCC/C=C\C/C=C\C/C=C\C/C=C\CC)OC(=O)CCCCCCC/C=C\C/C=C\C/C=C\CC. The highest BCUT2D eigenvalue weighted by Gasteiger charge is 2.30. The largest absolute Gasteiger partial charge is 0.472 e. The maximum atomic E-state index is 13.1. The molecule has 19 heteroatoms. The molecule has 3 N–H and O–H groups in total. The quantitative estimate of drug-likeness (QED) is 0.0169. The Morgan fingerprint density at radius 3 is 0.769 bits per heavy atom. The molecule has 0 aliphatic carbocycles. The van der Waals surface area contributed by atoms with Gasteiger partial charge in [-0.15, -0.1) is 0 Å². The topological polar surface area (TPSA) is 237 Å². The van der Waals surface area contributed by atoms with Crippen molar-refractivity contribution >= 4 is 39.5 Å². The Hall–Kier alpha value is -5.84. The molecule has 0 aromatic heterocycles. The van der Waals surface area contributed by atoms with Crippen LogP contribution in [0.3, 0.4) is 0 Å². The zero-order chi connectivity index (χ0) is 78.9. The molecule has 0 amide bonds. The lowest BCUT2D eigenvalue weighted by molar-refractivity contribution is -0.161. The first-order valence-corrected chi connectivity index (χ1v) is 44.0. The lowest BCUT2D eigenvalue weighted by Gasteiger charge is -2.21. The molecule has 0 heterocycles. The van der Waals surface area contributed by atoms with Crippen molar-refractivity contribution in [3.8, 4) is 0 Å². The fourth-order valence-electron chi connectivity index (χ4n) is 10.2. The van der Waals surface area contributed by atoms with Crippen molar-refractivity contribution in [2.24, 2.45) is 0 Å². The van der Waals surface area contributed by atoms with Crippen LogP contribution in [-0.2, 0) is 65.4 Å². The maximum absolute atomic E-state index is 13.1. The Bertz CT molecular complexity index is 2760. The molecule has 0 fully saturated rings. The summed E-state index contributed by atoms with van der Waals surface area (Å²) >= 11 is 0. The normalized spacial score (nSPS) is 14.8. The molecule has 0 radical (unpaired) electrons. The summed E-state index contributed by atoms with van der Waals surface area (Å²) in [5.74, 6) is -2.31. The fraction of sp³-hybridized carbons (Fsp3) is 0.618. The minimum absolute atomic E-state index is 0.0322. The third-order valence-electron chi connectivity index (χ3n) is 16.3. The van der Waals surface area contributed by atoms with E-state index in [0.717, 1.165) is 193 Å². The number of hydrogen-bond acceptors (Lipinski definition) is 15. The predicted octanol–water partition coefficient (Wildman–Crippen LogP) is 24.3. The van der Waals surface area contributed by atoms with E-state index in [-0.39, 0.29) is 25.7 Å². The van der Waals surface area contributed by atoms with Crippen LogP contribution in [0.4, 0.5) is 0 Å². The van der Waals surface area contributed by atoms with E-state index >= 15 is 0 Å². The van der Waals surface area contributed by atoms with Gasteiger partial charge in [0.2, 0.25) is 0 Å². The minimum Gasteiger partial charge on any atom is -0.462 e. The van der Waals surface area contributed by atoms with E-state index in [1.54, 1.807) is 0 Å². The van der Waals surface area contributed by atoms with Gasteiger partial charge >= 0.3 is 39.5 Å². The van der Waals surface area contributed by atoms with Gasteiger partial charge in [-0.2, -0.15) is 0 Å². The van der Waals surface area contributed by atoms with Crippen LogP contribution in [0.25, 0.3) is 0 Å². The second-order valence-electron chi connectivity index (χ2n) is 26.6. The van der Waals surface area contributed by atoms with Gasteiger partial charge in [0.1, 0.15) is 19.3 Å². The summed E-state index contributed by atoms with van der Waals surface area (Å²) in [6.45, 7) is 4.38. The standard InChI is InChI=1S/C89H144O17P2/c1-5-9-13-17-21-25-29-33-37-39-41-43-47-49-53-57-61-65-69-73-86(91)99-79-84(105-88(93)75-71-67-63-59-55-51-45-35-31-27-23-19-15-11-7-3)81-103-107(95,96)101-77-83(90)78-102-108(97,98)104-82-85(106-89(94)76-72-68-64-60-56-52-46-36-32-28-24-20-16-12-8-4)80-100-87(92)74-70-66-62-58-54-50-48-44-42-40-38-34-30-26-22-18-14-10-6-2/h9,11-13,15-16,21-28,33-38,41-46,49,53,56,60,83-85,90H,5-8,10,14,17-20,29-32,39-40,47-48,50-52,54-55,57-59,61-82H2,1-4H3,(H,95,96)(H,97,98)/b13-9-,15-11-,16-12-,25-21-,26-22-,27-23-,28-24-,37-33-,38-34-,43-41-,44-42-,45-35-,46-36-,53-49-,60-56-. The van der Waals surface area contributed by atoms with Gasteiger partial charge in [0.25, 0.3) is 0 Å². The summed E-state index contributed by atoms with van der Waals surface area (Å²) < 4.78 is 68.6. The van der Waals surface area contributed by atoms with Crippen LogP contribution in [0.2, 0.25) is 0 Å². The van der Waals surface area contributed by atoms with Crippen LogP contribution in [0.15, 0.2) is 182 Å². The molecule has 0 aliphatic heterocycles. The summed E-state index contributed by atoms with van der Waals surface area (Å²) in [6.07, 6.45) is 95.8. The Kier molecular flexibility index (Phi) is 75.0. The monoisotopic (exact) mass is 1550 g/mol. The molecule has 0 aliphatic rings. The van der Waals surface area contributed by atoms with Crippen molar-refractivity contribution in [3.05, 3.63) is 182 Å². The number of aliphatic hydroxyl groups excluding tert-OH is 1. The zero-order valence-corrected chi connectivity index (χ0v) is 68.7. The number of carbonyl (C=O) groups excluding carboxylic acids is 4. The molecule has 5 unspecified atom stereocenters. The van der Waals surface area contributed by atoms with Gasteiger partial charge in [0.15, 0.2) is 12.2 Å². The molecule has 0 saturated carbocycles. The number of ether oxygens (including phenoxy) is 4. The van der Waals surface area contributed by atoms with Crippen LogP contribution < -0.4 is 0 Å². The van der Waals surface area contributed by atoms with Crippen LogP contribution in [0, 0.1) is 0 Å². The highest BCUT2D eigenvalue weighted by molar-refractivity contribution is 7.47. The van der Waals surface area contributed by atoms with Crippen molar-refractivity contribution in [1.82, 2.24) is 0 Å². The average Bonchev–Trinajstić information content (AvgIpc) is 0.923. The number of hydrogen-bond donors (Lipinski definition) is 3. The molecule has 5 atom stereocenters. The number of allylic oxidation sites excluding steroid dienone is 30. The first kappa shape index (κ1) is 102. The molecular weight excluding hydrogens is 1400 g/mol. The van der Waals surface area contributed by atoms with Crippen LogP contribution in [0.5, 0.6) is 0 Å². The number of carbonyl (C=O) groups is 4. The molecule has 0 aromatic rings. The molecule has 0 bridgehead atoms. The third-order valence-corrected chi connectivity index (χ3v) is 18.2. The molecule has 612 valence electrons. The van der Waals surface area contributed by atoms with Gasteiger partial charge in [0.05, 0.1) is 26.4 Å². The highest BCUT2D eigenvalue weighted by atomic mass is 31.2.